The van der Waals surface area contributed by atoms with Crippen molar-refractivity contribution in [1.29, 1.82) is 0 Å². The van der Waals surface area contributed by atoms with Gasteiger partial charge < -0.3 is 16.0 Å². The number of aromatic amines is 1. The van der Waals surface area contributed by atoms with E-state index < -0.39 is 0 Å². The highest BCUT2D eigenvalue weighted by molar-refractivity contribution is 6.03. The first kappa shape index (κ1) is 11.2. The summed E-state index contributed by atoms with van der Waals surface area (Å²) in [6.45, 7) is 1.61. The Morgan fingerprint density at radius 3 is 2.88 bits per heavy atom. The third kappa shape index (κ3) is 2.28. The van der Waals surface area contributed by atoms with Gasteiger partial charge in [0.15, 0.2) is 0 Å². The zero-order valence-electron chi connectivity index (χ0n) is 9.25. The van der Waals surface area contributed by atoms with Crippen molar-refractivity contribution in [1.82, 2.24) is 4.98 Å². The summed E-state index contributed by atoms with van der Waals surface area (Å²) in [7, 11) is 0. The Hall–Kier alpha value is -2.30. The second kappa shape index (κ2) is 4.29. The van der Waals surface area contributed by atoms with Crippen molar-refractivity contribution < 1.29 is 9.18 Å². The number of H-pyrrole nitrogens is 1. The molecule has 88 valence electrons. The number of benzene rings is 1. The van der Waals surface area contributed by atoms with E-state index in [4.69, 9.17) is 5.73 Å². The van der Waals surface area contributed by atoms with Gasteiger partial charge in [0.05, 0.1) is 0 Å². The molecule has 1 aromatic carbocycles. The Balaban J connectivity index is 2.21. The van der Waals surface area contributed by atoms with Crippen LogP contribution in [-0.2, 0) is 0 Å². The number of hydrogen-bond acceptors (Lipinski definition) is 2. The zero-order valence-corrected chi connectivity index (χ0v) is 9.25. The van der Waals surface area contributed by atoms with E-state index >= 15 is 0 Å². The molecule has 0 aliphatic carbocycles. The summed E-state index contributed by atoms with van der Waals surface area (Å²) in [5.41, 5.74) is 7.16. The first-order chi connectivity index (χ1) is 8.08. The molecule has 17 heavy (non-hydrogen) atoms. The second-order valence-electron chi connectivity index (χ2n) is 3.71. The molecule has 2 aromatic rings. The Morgan fingerprint density at radius 1 is 1.47 bits per heavy atom. The lowest BCUT2D eigenvalue weighted by atomic mass is 10.2. The fraction of sp³-hybridized carbons (Fsp3) is 0.0833. The van der Waals surface area contributed by atoms with Crippen molar-refractivity contribution in [3.05, 3.63) is 47.5 Å². The summed E-state index contributed by atoms with van der Waals surface area (Å²) in [5.74, 6) is -0.704. The Bertz CT molecular complexity index is 563. The van der Waals surface area contributed by atoms with E-state index in [-0.39, 0.29) is 11.7 Å². The number of nitrogens with two attached hydrogens (primary N) is 1. The molecule has 0 fully saturated rings. The minimum atomic E-state index is -0.353. The molecule has 0 spiro atoms. The van der Waals surface area contributed by atoms with Gasteiger partial charge in [-0.3, -0.25) is 4.79 Å². The van der Waals surface area contributed by atoms with Gasteiger partial charge >= 0.3 is 0 Å². The van der Waals surface area contributed by atoms with E-state index in [1.807, 2.05) is 0 Å². The molecule has 0 saturated heterocycles. The minimum Gasteiger partial charge on any atom is -0.397 e. The predicted octanol–water partition coefficient (Wildman–Crippen LogP) is 2.30. The number of carbonyl (C=O) groups is 1. The third-order valence-corrected chi connectivity index (χ3v) is 2.47. The fourth-order valence-corrected chi connectivity index (χ4v) is 1.47. The van der Waals surface area contributed by atoms with Gasteiger partial charge in [0, 0.05) is 23.1 Å². The van der Waals surface area contributed by atoms with Gasteiger partial charge in [0.2, 0.25) is 0 Å². The van der Waals surface area contributed by atoms with Crippen molar-refractivity contribution in [2.75, 3.05) is 11.1 Å². The van der Waals surface area contributed by atoms with Crippen molar-refractivity contribution in [2.24, 2.45) is 0 Å². The molecule has 4 N–H and O–H groups in total. The quantitative estimate of drug-likeness (QED) is 0.744. The molecule has 0 radical (unpaired) electrons. The van der Waals surface area contributed by atoms with Crippen LogP contribution in [0.3, 0.4) is 0 Å². The average Bonchev–Trinajstić information content (AvgIpc) is 2.72. The number of carbonyl (C=O) groups excluding carboxylic acids is 1. The lowest BCUT2D eigenvalue weighted by Gasteiger charge is -2.07. The maximum Gasteiger partial charge on any atom is 0.272 e. The topological polar surface area (TPSA) is 70.9 Å². The van der Waals surface area contributed by atoms with E-state index in [1.165, 1.54) is 18.3 Å². The molecule has 1 heterocycles. The van der Waals surface area contributed by atoms with E-state index in [0.717, 1.165) is 0 Å². The molecule has 0 atom stereocenters. The molecule has 0 saturated carbocycles. The number of nitrogen functional groups attached to an aromatic ring is 1. The van der Waals surface area contributed by atoms with Crippen LogP contribution in [0.4, 0.5) is 15.8 Å². The van der Waals surface area contributed by atoms with Crippen molar-refractivity contribution in [2.45, 2.75) is 6.92 Å². The van der Waals surface area contributed by atoms with E-state index in [0.29, 0.717) is 22.6 Å². The second-order valence-corrected chi connectivity index (χ2v) is 3.71. The third-order valence-electron chi connectivity index (χ3n) is 2.47. The molecule has 1 amide bonds. The van der Waals surface area contributed by atoms with Gasteiger partial charge in [0.25, 0.3) is 5.91 Å². The summed E-state index contributed by atoms with van der Waals surface area (Å²) < 4.78 is 13.3. The number of aromatic nitrogens is 1. The van der Waals surface area contributed by atoms with Gasteiger partial charge in [-0.2, -0.15) is 0 Å². The van der Waals surface area contributed by atoms with Crippen LogP contribution < -0.4 is 11.1 Å². The van der Waals surface area contributed by atoms with Crippen LogP contribution in [0.15, 0.2) is 30.5 Å². The maximum atomic E-state index is 13.3. The van der Waals surface area contributed by atoms with Gasteiger partial charge in [-0.05, 0) is 25.1 Å². The molecular weight excluding hydrogens is 221 g/mol. The SMILES string of the molecule is Cc1c(F)cccc1NC(=O)c1cc(N)c[nH]1. The van der Waals surface area contributed by atoms with Crippen LogP contribution >= 0.6 is 0 Å². The van der Waals surface area contributed by atoms with Gasteiger partial charge in [-0.1, -0.05) is 6.07 Å². The summed E-state index contributed by atoms with van der Waals surface area (Å²) in [6, 6.07) is 6.05. The van der Waals surface area contributed by atoms with E-state index in [1.54, 1.807) is 19.1 Å². The summed E-state index contributed by atoms with van der Waals surface area (Å²) in [4.78, 5) is 14.5. The Labute approximate surface area is 97.6 Å². The highest BCUT2D eigenvalue weighted by Crippen LogP contribution is 2.18. The molecule has 0 aliphatic heterocycles. The molecule has 5 heteroatoms. The van der Waals surface area contributed by atoms with Crippen LogP contribution in [0.5, 0.6) is 0 Å². The van der Waals surface area contributed by atoms with E-state index in [9.17, 15) is 9.18 Å². The summed E-state index contributed by atoms with van der Waals surface area (Å²) >= 11 is 0. The largest absolute Gasteiger partial charge is 0.397 e. The molecule has 2 rings (SSSR count). The van der Waals surface area contributed by atoms with Crippen LogP contribution in [0.1, 0.15) is 16.1 Å². The number of rotatable bonds is 2. The Morgan fingerprint density at radius 2 is 2.24 bits per heavy atom. The molecule has 0 bridgehead atoms. The standard InChI is InChI=1S/C12H12FN3O/c1-7-9(13)3-2-4-10(7)16-12(17)11-5-8(14)6-15-11/h2-6,15H,14H2,1H3,(H,16,17). The highest BCUT2D eigenvalue weighted by atomic mass is 19.1. The number of nitrogens with one attached hydrogen (secondary N) is 2. The molecule has 0 unspecified atom stereocenters. The monoisotopic (exact) mass is 233 g/mol. The lowest BCUT2D eigenvalue weighted by molar-refractivity contribution is 0.102. The normalized spacial score (nSPS) is 10.2. The Kier molecular flexibility index (Phi) is 2.82. The molecular formula is C12H12FN3O. The summed E-state index contributed by atoms with van der Waals surface area (Å²) in [5, 5.41) is 2.61. The molecule has 1 aromatic heterocycles. The number of amides is 1. The number of halogens is 1. The number of anilines is 2. The zero-order chi connectivity index (χ0) is 12.4. The van der Waals surface area contributed by atoms with Crippen LogP contribution in [0, 0.1) is 12.7 Å². The minimum absolute atomic E-state index is 0.339. The predicted molar refractivity (Wildman–Crippen MR) is 64.3 cm³/mol. The van der Waals surface area contributed by atoms with Crippen LogP contribution in [0.25, 0.3) is 0 Å². The van der Waals surface area contributed by atoms with Gasteiger partial charge in [-0.25, -0.2) is 4.39 Å². The summed E-state index contributed by atoms with van der Waals surface area (Å²) in [6.07, 6.45) is 1.52. The van der Waals surface area contributed by atoms with E-state index in [2.05, 4.69) is 10.3 Å². The average molecular weight is 233 g/mol. The smallest absolute Gasteiger partial charge is 0.272 e. The van der Waals surface area contributed by atoms with Crippen molar-refractivity contribution in [3.8, 4) is 0 Å². The van der Waals surface area contributed by atoms with Gasteiger partial charge in [-0.15, -0.1) is 0 Å². The van der Waals surface area contributed by atoms with Crippen LogP contribution in [-0.4, -0.2) is 10.9 Å². The number of hydrogen-bond donors (Lipinski definition) is 3. The maximum absolute atomic E-state index is 13.3. The first-order valence-electron chi connectivity index (χ1n) is 5.08. The van der Waals surface area contributed by atoms with Crippen LogP contribution in [0.2, 0.25) is 0 Å². The lowest BCUT2D eigenvalue weighted by Crippen LogP contribution is -2.13. The highest BCUT2D eigenvalue weighted by Gasteiger charge is 2.10. The fourth-order valence-electron chi connectivity index (χ4n) is 1.47. The van der Waals surface area contributed by atoms with Crippen molar-refractivity contribution >= 4 is 17.3 Å². The first-order valence-corrected chi connectivity index (χ1v) is 5.08. The molecule has 0 aliphatic rings. The van der Waals surface area contributed by atoms with Gasteiger partial charge in [0.1, 0.15) is 11.5 Å². The van der Waals surface area contributed by atoms with Crippen molar-refractivity contribution in [3.63, 3.8) is 0 Å². The molecule has 4 nitrogen and oxygen atoms in total.